The standard InChI is InChI=1S/C23H22F3N5O3/c1-16(32)20-6-8-31(28-20)22(33)30-11-9-29(10-12-30)15-17-3-2-4-18(13-17)34-21-5-7-27-14-19(21)23(24,25)26/h2-8,13-14H,9-12,15H2,1H3. The molecular weight excluding hydrogens is 451 g/mol. The lowest BCUT2D eigenvalue weighted by Crippen LogP contribution is -2.49. The van der Waals surface area contributed by atoms with Gasteiger partial charge in [-0.3, -0.25) is 14.7 Å². The molecule has 1 aliphatic rings. The Morgan fingerprint density at radius 1 is 1.09 bits per heavy atom. The van der Waals surface area contributed by atoms with E-state index in [9.17, 15) is 22.8 Å². The number of piperazine rings is 1. The van der Waals surface area contributed by atoms with E-state index in [-0.39, 0.29) is 23.3 Å². The third-order valence-corrected chi connectivity index (χ3v) is 5.41. The number of carbonyl (C=O) groups excluding carboxylic acids is 2. The number of ether oxygens (including phenoxy) is 1. The third kappa shape index (κ3) is 5.42. The summed E-state index contributed by atoms with van der Waals surface area (Å²) in [5.74, 6) is -0.220. The van der Waals surface area contributed by atoms with Gasteiger partial charge in [0.05, 0.1) is 0 Å². The van der Waals surface area contributed by atoms with Gasteiger partial charge in [0.15, 0.2) is 5.78 Å². The zero-order valence-corrected chi connectivity index (χ0v) is 18.3. The number of hydrogen-bond acceptors (Lipinski definition) is 6. The summed E-state index contributed by atoms with van der Waals surface area (Å²) in [6.45, 7) is 4.13. The summed E-state index contributed by atoms with van der Waals surface area (Å²) in [6, 6.07) is 9.29. The fraction of sp³-hybridized carbons (Fsp3) is 0.304. The van der Waals surface area contributed by atoms with Crippen molar-refractivity contribution in [1.29, 1.82) is 0 Å². The first-order valence-corrected chi connectivity index (χ1v) is 10.6. The van der Waals surface area contributed by atoms with Gasteiger partial charge in [-0.05, 0) is 29.8 Å². The van der Waals surface area contributed by atoms with Gasteiger partial charge in [0.25, 0.3) is 0 Å². The molecular formula is C23H22F3N5O3. The van der Waals surface area contributed by atoms with Gasteiger partial charge in [0.1, 0.15) is 22.8 Å². The quantitative estimate of drug-likeness (QED) is 0.520. The average molecular weight is 473 g/mol. The second-order valence-electron chi connectivity index (χ2n) is 7.87. The Balaban J connectivity index is 1.36. The molecule has 0 saturated carbocycles. The van der Waals surface area contributed by atoms with E-state index in [4.69, 9.17) is 4.74 Å². The molecule has 1 aliphatic heterocycles. The summed E-state index contributed by atoms with van der Waals surface area (Å²) < 4.78 is 46.3. The summed E-state index contributed by atoms with van der Waals surface area (Å²) in [4.78, 5) is 31.3. The van der Waals surface area contributed by atoms with Gasteiger partial charge in [-0.2, -0.15) is 23.0 Å². The predicted octanol–water partition coefficient (Wildman–Crippen LogP) is 4.08. The highest BCUT2D eigenvalue weighted by molar-refractivity contribution is 5.92. The van der Waals surface area contributed by atoms with Crippen molar-refractivity contribution in [3.05, 3.63) is 71.8 Å². The average Bonchev–Trinajstić information content (AvgIpc) is 3.30. The Morgan fingerprint density at radius 2 is 1.85 bits per heavy atom. The Kier molecular flexibility index (Phi) is 6.64. The number of carbonyl (C=O) groups is 2. The number of aromatic nitrogens is 3. The van der Waals surface area contributed by atoms with Crippen molar-refractivity contribution in [2.45, 2.75) is 19.6 Å². The van der Waals surface area contributed by atoms with Crippen molar-refractivity contribution < 1.29 is 27.5 Å². The zero-order chi connectivity index (χ0) is 24.3. The van der Waals surface area contributed by atoms with E-state index in [1.807, 2.05) is 6.07 Å². The van der Waals surface area contributed by atoms with Crippen LogP contribution in [0.15, 0.2) is 55.0 Å². The molecule has 0 aliphatic carbocycles. The molecule has 0 radical (unpaired) electrons. The Labute approximate surface area is 193 Å². The SMILES string of the molecule is CC(=O)c1ccn(C(=O)N2CCN(Cc3cccc(Oc4ccncc4C(F)(F)F)c3)CC2)n1. The number of halogens is 3. The van der Waals surface area contributed by atoms with Crippen molar-refractivity contribution >= 4 is 11.8 Å². The van der Waals surface area contributed by atoms with E-state index in [1.165, 1.54) is 36.1 Å². The summed E-state index contributed by atoms with van der Waals surface area (Å²) in [5, 5.41) is 4.01. The molecule has 1 aromatic carbocycles. The number of pyridine rings is 1. The van der Waals surface area contributed by atoms with E-state index in [1.54, 1.807) is 23.1 Å². The molecule has 0 N–H and O–H groups in total. The Bertz CT molecular complexity index is 1190. The zero-order valence-electron chi connectivity index (χ0n) is 18.3. The van der Waals surface area contributed by atoms with Gasteiger partial charge in [-0.15, -0.1) is 0 Å². The molecule has 1 fully saturated rings. The summed E-state index contributed by atoms with van der Waals surface area (Å²) in [5.41, 5.74) is 0.176. The summed E-state index contributed by atoms with van der Waals surface area (Å²) >= 11 is 0. The van der Waals surface area contributed by atoms with Crippen molar-refractivity contribution in [3.63, 3.8) is 0 Å². The number of ketones is 1. The van der Waals surface area contributed by atoms with Crippen molar-refractivity contribution in [2.75, 3.05) is 26.2 Å². The third-order valence-electron chi connectivity index (χ3n) is 5.41. The van der Waals surface area contributed by atoms with E-state index in [0.29, 0.717) is 38.5 Å². The lowest BCUT2D eigenvalue weighted by Gasteiger charge is -2.34. The van der Waals surface area contributed by atoms with Crippen LogP contribution in [0, 0.1) is 0 Å². The van der Waals surface area contributed by atoms with Gasteiger partial charge in [-0.1, -0.05) is 12.1 Å². The fourth-order valence-electron chi connectivity index (χ4n) is 3.64. The maximum Gasteiger partial charge on any atom is 0.421 e. The van der Waals surface area contributed by atoms with Crippen LogP contribution in [0.25, 0.3) is 0 Å². The maximum absolute atomic E-state index is 13.2. The van der Waals surface area contributed by atoms with Crippen LogP contribution in [0.2, 0.25) is 0 Å². The number of rotatable bonds is 5. The second kappa shape index (κ2) is 9.64. The largest absolute Gasteiger partial charge is 0.457 e. The molecule has 0 spiro atoms. The predicted molar refractivity (Wildman–Crippen MR) is 116 cm³/mol. The maximum atomic E-state index is 13.2. The lowest BCUT2D eigenvalue weighted by atomic mass is 10.2. The first-order chi connectivity index (χ1) is 16.2. The number of nitrogens with zero attached hydrogens (tertiary/aromatic N) is 5. The molecule has 3 heterocycles. The first-order valence-electron chi connectivity index (χ1n) is 10.6. The van der Waals surface area contributed by atoms with Crippen molar-refractivity contribution in [1.82, 2.24) is 24.6 Å². The van der Waals surface area contributed by atoms with E-state index >= 15 is 0 Å². The molecule has 178 valence electrons. The Hall–Kier alpha value is -3.73. The minimum absolute atomic E-state index is 0.207. The topological polar surface area (TPSA) is 80.6 Å². The monoisotopic (exact) mass is 473 g/mol. The summed E-state index contributed by atoms with van der Waals surface area (Å²) in [6.07, 6.45) is -1.10. The Morgan fingerprint density at radius 3 is 2.53 bits per heavy atom. The molecule has 4 rings (SSSR count). The smallest absolute Gasteiger partial charge is 0.421 e. The number of benzene rings is 1. The van der Waals surface area contributed by atoms with Crippen LogP contribution in [0.4, 0.5) is 18.0 Å². The molecule has 1 amide bonds. The van der Waals surface area contributed by atoms with Crippen LogP contribution in [0.5, 0.6) is 11.5 Å². The molecule has 11 heteroatoms. The number of amides is 1. The molecule has 2 aromatic heterocycles. The molecule has 3 aromatic rings. The molecule has 0 atom stereocenters. The van der Waals surface area contributed by atoms with Gasteiger partial charge in [0.2, 0.25) is 0 Å². The number of alkyl halides is 3. The molecule has 34 heavy (non-hydrogen) atoms. The van der Waals surface area contributed by atoms with Crippen LogP contribution < -0.4 is 4.74 Å². The minimum Gasteiger partial charge on any atom is -0.457 e. The van der Waals surface area contributed by atoms with Gasteiger partial charge < -0.3 is 9.64 Å². The van der Waals surface area contributed by atoms with E-state index in [2.05, 4.69) is 15.0 Å². The van der Waals surface area contributed by atoms with E-state index in [0.717, 1.165) is 11.8 Å². The van der Waals surface area contributed by atoms with Crippen LogP contribution in [0.1, 0.15) is 28.5 Å². The van der Waals surface area contributed by atoms with Crippen LogP contribution in [-0.4, -0.2) is 62.6 Å². The molecule has 0 unspecified atom stereocenters. The highest BCUT2D eigenvalue weighted by Crippen LogP contribution is 2.37. The number of hydrogen-bond donors (Lipinski definition) is 0. The molecule has 8 nitrogen and oxygen atoms in total. The molecule has 1 saturated heterocycles. The highest BCUT2D eigenvalue weighted by Gasteiger charge is 2.35. The van der Waals surface area contributed by atoms with Gasteiger partial charge >= 0.3 is 12.2 Å². The first kappa shape index (κ1) is 23.4. The number of Topliss-reactive ketones (excluding diaryl/α,β-unsaturated/α-hetero) is 1. The molecule has 0 bridgehead atoms. The summed E-state index contributed by atoms with van der Waals surface area (Å²) in [7, 11) is 0. The highest BCUT2D eigenvalue weighted by atomic mass is 19.4. The second-order valence-corrected chi connectivity index (χ2v) is 7.87. The van der Waals surface area contributed by atoms with Crippen LogP contribution in [0.3, 0.4) is 0 Å². The van der Waals surface area contributed by atoms with Crippen LogP contribution >= 0.6 is 0 Å². The fourth-order valence-corrected chi connectivity index (χ4v) is 3.64. The van der Waals surface area contributed by atoms with Crippen molar-refractivity contribution in [2.24, 2.45) is 0 Å². The van der Waals surface area contributed by atoms with Gasteiger partial charge in [0, 0.05) is 58.2 Å². The minimum atomic E-state index is -4.57. The van der Waals surface area contributed by atoms with E-state index < -0.39 is 11.7 Å². The normalized spacial score (nSPS) is 14.8. The van der Waals surface area contributed by atoms with Gasteiger partial charge in [-0.25, -0.2) is 4.79 Å². The van der Waals surface area contributed by atoms with Crippen LogP contribution in [-0.2, 0) is 12.7 Å². The van der Waals surface area contributed by atoms with Crippen molar-refractivity contribution in [3.8, 4) is 11.5 Å². The lowest BCUT2D eigenvalue weighted by molar-refractivity contribution is -0.138.